The Kier molecular flexibility index (Phi) is 5.43. The van der Waals surface area contributed by atoms with Crippen molar-refractivity contribution in [2.45, 2.75) is 31.8 Å². The lowest BCUT2D eigenvalue weighted by atomic mass is 10.0. The van der Waals surface area contributed by atoms with Crippen LogP contribution in [0.5, 0.6) is 0 Å². The van der Waals surface area contributed by atoms with Crippen molar-refractivity contribution >= 4 is 28.1 Å². The standard InChI is InChI=1S/C26H26N4S/c1-2-3-16-30-25(24(28-26(30)31)22-11-6-7-15-27-22)23-12-8-17-29(23)21-14-13-19-9-4-5-10-20(19)18-21/h4-15,17-18,24-25H,2-3,16H2,1H3,(H,28,31)/t24-,25-/m1/s1. The maximum Gasteiger partial charge on any atom is 0.170 e. The van der Waals surface area contributed by atoms with Gasteiger partial charge in [-0.3, -0.25) is 4.98 Å². The Balaban J connectivity index is 1.60. The topological polar surface area (TPSA) is 33.1 Å². The molecule has 0 bridgehead atoms. The molecule has 1 saturated heterocycles. The first kappa shape index (κ1) is 19.8. The normalized spacial score (nSPS) is 18.5. The van der Waals surface area contributed by atoms with Crippen LogP contribution in [0.2, 0.25) is 0 Å². The number of rotatable bonds is 6. The molecule has 0 aliphatic carbocycles. The van der Waals surface area contributed by atoms with E-state index < -0.39 is 0 Å². The highest BCUT2D eigenvalue weighted by atomic mass is 32.1. The van der Waals surface area contributed by atoms with Gasteiger partial charge < -0.3 is 14.8 Å². The molecule has 5 rings (SSSR count). The third-order valence-corrected chi connectivity index (χ3v) is 6.40. The van der Waals surface area contributed by atoms with E-state index in [2.05, 4.69) is 93.6 Å². The molecule has 1 fully saturated rings. The van der Waals surface area contributed by atoms with Gasteiger partial charge in [-0.1, -0.05) is 49.7 Å². The molecule has 1 aliphatic rings. The van der Waals surface area contributed by atoms with Crippen molar-refractivity contribution < 1.29 is 0 Å². The van der Waals surface area contributed by atoms with Gasteiger partial charge in [-0.25, -0.2) is 0 Å². The fraction of sp³-hybridized carbons (Fsp3) is 0.231. The van der Waals surface area contributed by atoms with Crippen molar-refractivity contribution in [1.29, 1.82) is 0 Å². The Morgan fingerprint density at radius 2 is 1.81 bits per heavy atom. The number of hydrogen-bond donors (Lipinski definition) is 1. The van der Waals surface area contributed by atoms with Crippen molar-refractivity contribution in [1.82, 2.24) is 19.8 Å². The maximum absolute atomic E-state index is 5.78. The van der Waals surface area contributed by atoms with E-state index in [0.29, 0.717) is 0 Å². The van der Waals surface area contributed by atoms with E-state index in [9.17, 15) is 0 Å². The molecule has 31 heavy (non-hydrogen) atoms. The number of unbranched alkanes of at least 4 members (excludes halogenated alkanes) is 1. The Labute approximate surface area is 188 Å². The van der Waals surface area contributed by atoms with Gasteiger partial charge in [0.2, 0.25) is 0 Å². The van der Waals surface area contributed by atoms with E-state index in [1.165, 1.54) is 16.5 Å². The van der Waals surface area contributed by atoms with Gasteiger partial charge in [-0.05, 0) is 65.8 Å². The first-order valence-electron chi connectivity index (χ1n) is 10.9. The molecule has 1 N–H and O–H groups in total. The average molecular weight is 427 g/mol. The van der Waals surface area contributed by atoms with Crippen molar-refractivity contribution in [2.75, 3.05) is 6.54 Å². The summed E-state index contributed by atoms with van der Waals surface area (Å²) in [6, 6.07) is 25.6. The van der Waals surface area contributed by atoms with Gasteiger partial charge >= 0.3 is 0 Å². The summed E-state index contributed by atoms with van der Waals surface area (Å²) in [5.41, 5.74) is 3.39. The van der Waals surface area contributed by atoms with Crippen LogP contribution in [0.1, 0.15) is 43.2 Å². The Morgan fingerprint density at radius 3 is 2.61 bits per heavy atom. The van der Waals surface area contributed by atoms with Gasteiger partial charge in [0.1, 0.15) is 0 Å². The second-order valence-electron chi connectivity index (χ2n) is 8.01. The van der Waals surface area contributed by atoms with Crippen LogP contribution >= 0.6 is 12.2 Å². The number of fused-ring (bicyclic) bond motifs is 1. The van der Waals surface area contributed by atoms with Gasteiger partial charge in [0.15, 0.2) is 5.11 Å². The smallest absolute Gasteiger partial charge is 0.170 e. The third kappa shape index (κ3) is 3.70. The maximum atomic E-state index is 5.78. The molecule has 2 aromatic heterocycles. The molecule has 3 heterocycles. The molecule has 5 heteroatoms. The average Bonchev–Trinajstić information content (AvgIpc) is 3.42. The monoisotopic (exact) mass is 426 g/mol. The summed E-state index contributed by atoms with van der Waals surface area (Å²) in [6.07, 6.45) is 6.23. The molecule has 4 nitrogen and oxygen atoms in total. The summed E-state index contributed by atoms with van der Waals surface area (Å²) in [5.74, 6) is 0. The number of aromatic nitrogens is 2. The minimum absolute atomic E-state index is 0.0136. The number of pyridine rings is 1. The summed E-state index contributed by atoms with van der Waals surface area (Å²) in [4.78, 5) is 6.99. The molecule has 1 aliphatic heterocycles. The molecule has 0 amide bonds. The highest BCUT2D eigenvalue weighted by Gasteiger charge is 2.40. The quantitative estimate of drug-likeness (QED) is 0.395. The molecule has 0 unspecified atom stereocenters. The number of hydrogen-bond acceptors (Lipinski definition) is 2. The summed E-state index contributed by atoms with van der Waals surface area (Å²) >= 11 is 5.78. The van der Waals surface area contributed by atoms with Gasteiger partial charge in [-0.2, -0.15) is 0 Å². The molecule has 4 aromatic rings. The first-order chi connectivity index (χ1) is 15.3. The minimum atomic E-state index is 0.0136. The van der Waals surface area contributed by atoms with E-state index in [1.807, 2.05) is 18.3 Å². The lowest BCUT2D eigenvalue weighted by Gasteiger charge is -2.29. The van der Waals surface area contributed by atoms with Crippen LogP contribution in [0.3, 0.4) is 0 Å². The van der Waals surface area contributed by atoms with Crippen molar-refractivity contribution in [3.63, 3.8) is 0 Å². The lowest BCUT2D eigenvalue weighted by Crippen LogP contribution is -2.31. The second-order valence-corrected chi connectivity index (χ2v) is 8.39. The SMILES string of the molecule is CCCCN1C(=S)N[C@H](c2ccccn2)[C@H]1c1cccn1-c1ccc2ccccc2c1. The molecule has 0 radical (unpaired) electrons. The second kappa shape index (κ2) is 8.52. The van der Waals surface area contributed by atoms with Crippen LogP contribution < -0.4 is 5.32 Å². The predicted octanol–water partition coefficient (Wildman–Crippen LogP) is 5.80. The molecular formula is C26H26N4S. The fourth-order valence-electron chi connectivity index (χ4n) is 4.49. The van der Waals surface area contributed by atoms with E-state index in [-0.39, 0.29) is 12.1 Å². The first-order valence-corrected chi connectivity index (χ1v) is 11.3. The van der Waals surface area contributed by atoms with Crippen LogP contribution in [0.25, 0.3) is 16.5 Å². The third-order valence-electron chi connectivity index (χ3n) is 6.04. The zero-order chi connectivity index (χ0) is 21.2. The lowest BCUT2D eigenvalue weighted by molar-refractivity contribution is 0.304. The van der Waals surface area contributed by atoms with Gasteiger partial charge in [0.25, 0.3) is 0 Å². The summed E-state index contributed by atoms with van der Waals surface area (Å²) in [6.45, 7) is 3.15. The van der Waals surface area contributed by atoms with Gasteiger partial charge in [-0.15, -0.1) is 0 Å². The van der Waals surface area contributed by atoms with E-state index in [1.54, 1.807) is 0 Å². The molecule has 0 saturated carbocycles. The molecule has 0 spiro atoms. The van der Waals surface area contributed by atoms with Crippen LogP contribution in [0, 0.1) is 0 Å². The molecule has 2 atom stereocenters. The molecule has 156 valence electrons. The fourth-order valence-corrected chi connectivity index (χ4v) is 4.82. The van der Waals surface area contributed by atoms with Crippen LogP contribution in [-0.2, 0) is 0 Å². The van der Waals surface area contributed by atoms with Crippen molar-refractivity contribution in [3.05, 3.63) is 96.6 Å². The highest BCUT2D eigenvalue weighted by Crippen LogP contribution is 2.39. The van der Waals surface area contributed by atoms with Gasteiger partial charge in [0, 0.05) is 30.3 Å². The highest BCUT2D eigenvalue weighted by molar-refractivity contribution is 7.80. The minimum Gasteiger partial charge on any atom is -0.352 e. The van der Waals surface area contributed by atoms with E-state index >= 15 is 0 Å². The van der Waals surface area contributed by atoms with Crippen LogP contribution in [-0.4, -0.2) is 26.1 Å². The zero-order valence-corrected chi connectivity index (χ0v) is 18.4. The largest absolute Gasteiger partial charge is 0.352 e. The Hall–Kier alpha value is -3.18. The Morgan fingerprint density at radius 1 is 0.968 bits per heavy atom. The molecule has 2 aromatic carbocycles. The number of nitrogens with zero attached hydrogens (tertiary/aromatic N) is 3. The zero-order valence-electron chi connectivity index (χ0n) is 17.6. The summed E-state index contributed by atoms with van der Waals surface area (Å²) in [5, 5.41) is 6.85. The van der Waals surface area contributed by atoms with E-state index in [4.69, 9.17) is 12.2 Å². The van der Waals surface area contributed by atoms with Crippen LogP contribution in [0.15, 0.2) is 85.2 Å². The molecular weight excluding hydrogens is 400 g/mol. The number of benzene rings is 2. The summed E-state index contributed by atoms with van der Waals surface area (Å²) < 4.78 is 2.29. The summed E-state index contributed by atoms with van der Waals surface area (Å²) in [7, 11) is 0. The number of nitrogens with one attached hydrogen (secondary N) is 1. The van der Waals surface area contributed by atoms with Crippen molar-refractivity contribution in [2.24, 2.45) is 0 Å². The number of thiocarbonyl (C=S) groups is 1. The van der Waals surface area contributed by atoms with Gasteiger partial charge in [0.05, 0.1) is 17.8 Å². The Bertz CT molecular complexity index is 1200. The van der Waals surface area contributed by atoms with Crippen molar-refractivity contribution in [3.8, 4) is 5.69 Å². The van der Waals surface area contributed by atoms with Crippen LogP contribution in [0.4, 0.5) is 0 Å². The predicted molar refractivity (Wildman–Crippen MR) is 130 cm³/mol. The van der Waals surface area contributed by atoms with E-state index in [0.717, 1.165) is 35.9 Å².